The van der Waals surface area contributed by atoms with E-state index in [1.165, 1.54) is 6.42 Å². The maximum absolute atomic E-state index is 5.98. The summed E-state index contributed by atoms with van der Waals surface area (Å²) in [7, 11) is 0. The Kier molecular flexibility index (Phi) is 4.21. The predicted molar refractivity (Wildman–Crippen MR) is 74.1 cm³/mol. The molecule has 0 spiro atoms. The number of aromatic nitrogens is 1. The van der Waals surface area contributed by atoms with Crippen LogP contribution in [0.25, 0.3) is 6.08 Å². The number of hydrogen-bond acceptors (Lipinski definition) is 2. The Bertz CT molecular complexity index is 417. The summed E-state index contributed by atoms with van der Waals surface area (Å²) < 4.78 is 6.77. The largest absolute Gasteiger partial charge is 0.488 e. The third-order valence-corrected chi connectivity index (χ3v) is 3.68. The maximum Gasteiger partial charge on any atom is 0.152 e. The van der Waals surface area contributed by atoms with E-state index >= 15 is 0 Å². The van der Waals surface area contributed by atoms with Gasteiger partial charge in [0.05, 0.1) is 11.8 Å². The summed E-state index contributed by atoms with van der Waals surface area (Å²) in [6, 6.07) is 3.98. The van der Waals surface area contributed by atoms with Crippen molar-refractivity contribution < 1.29 is 4.74 Å². The molecule has 0 N–H and O–H groups in total. The van der Waals surface area contributed by atoms with Gasteiger partial charge in [0.25, 0.3) is 0 Å². The van der Waals surface area contributed by atoms with Crippen molar-refractivity contribution in [2.75, 3.05) is 0 Å². The second-order valence-corrected chi connectivity index (χ2v) is 5.43. The first-order valence-electron chi connectivity index (χ1n) is 6.15. The molecule has 0 unspecified atom stereocenters. The Morgan fingerprint density at radius 1 is 1.41 bits per heavy atom. The molecule has 1 aliphatic rings. The molecule has 92 valence electrons. The fourth-order valence-corrected chi connectivity index (χ4v) is 2.66. The van der Waals surface area contributed by atoms with E-state index in [2.05, 4.69) is 27.8 Å². The van der Waals surface area contributed by atoms with Crippen molar-refractivity contribution in [3.63, 3.8) is 0 Å². The number of halogens is 1. The molecule has 2 rings (SSSR count). The van der Waals surface area contributed by atoms with Crippen LogP contribution >= 0.6 is 15.9 Å². The monoisotopic (exact) mass is 295 g/mol. The third-order valence-electron chi connectivity index (χ3n) is 3.11. The Morgan fingerprint density at radius 2 is 2.24 bits per heavy atom. The van der Waals surface area contributed by atoms with Crippen LogP contribution in [0.3, 0.4) is 0 Å². The van der Waals surface area contributed by atoms with Crippen LogP contribution < -0.4 is 4.74 Å². The summed E-state index contributed by atoms with van der Waals surface area (Å²) in [4.78, 5) is 4.43. The number of hydrogen-bond donors (Lipinski definition) is 0. The van der Waals surface area contributed by atoms with Crippen molar-refractivity contribution in [3.8, 4) is 5.75 Å². The highest BCUT2D eigenvalue weighted by Crippen LogP contribution is 2.31. The van der Waals surface area contributed by atoms with Gasteiger partial charge in [-0.05, 0) is 66.2 Å². The molecule has 2 nitrogen and oxygen atoms in total. The van der Waals surface area contributed by atoms with Crippen molar-refractivity contribution in [2.24, 2.45) is 5.92 Å². The van der Waals surface area contributed by atoms with Crippen LogP contribution in [-0.4, -0.2) is 11.1 Å². The smallest absolute Gasteiger partial charge is 0.152 e. The highest BCUT2D eigenvalue weighted by atomic mass is 79.9. The SMILES string of the molecule is C/C=C/c1ccc(O[C@@H]2CC[C@H](C)C2)c(Br)n1. The Balaban J connectivity index is 2.06. The normalized spacial score (nSPS) is 24.4. The molecule has 2 atom stereocenters. The van der Waals surface area contributed by atoms with Crippen LogP contribution in [0.15, 0.2) is 22.8 Å². The molecule has 0 saturated heterocycles. The molecule has 0 amide bonds. The van der Waals surface area contributed by atoms with Gasteiger partial charge in [0.15, 0.2) is 5.75 Å². The predicted octanol–water partition coefficient (Wildman–Crippen LogP) is 4.44. The van der Waals surface area contributed by atoms with Crippen molar-refractivity contribution in [1.82, 2.24) is 4.98 Å². The average molecular weight is 296 g/mol. The van der Waals surface area contributed by atoms with E-state index in [9.17, 15) is 0 Å². The van der Waals surface area contributed by atoms with Crippen molar-refractivity contribution in [2.45, 2.75) is 39.2 Å². The fourth-order valence-electron chi connectivity index (χ4n) is 2.23. The molecule has 0 bridgehead atoms. The first-order chi connectivity index (χ1) is 8.19. The van der Waals surface area contributed by atoms with Gasteiger partial charge >= 0.3 is 0 Å². The van der Waals surface area contributed by atoms with E-state index in [1.807, 2.05) is 31.2 Å². The van der Waals surface area contributed by atoms with Crippen molar-refractivity contribution >= 4 is 22.0 Å². The lowest BCUT2D eigenvalue weighted by molar-refractivity contribution is 0.203. The molecular formula is C14H18BrNO. The molecule has 0 radical (unpaired) electrons. The average Bonchev–Trinajstić information content (AvgIpc) is 2.69. The van der Waals surface area contributed by atoms with Gasteiger partial charge in [0.1, 0.15) is 4.60 Å². The first-order valence-corrected chi connectivity index (χ1v) is 6.94. The van der Waals surface area contributed by atoms with E-state index in [0.717, 1.165) is 34.8 Å². The first kappa shape index (κ1) is 12.6. The number of nitrogens with zero attached hydrogens (tertiary/aromatic N) is 1. The molecule has 3 heteroatoms. The Hall–Kier alpha value is -0.830. The van der Waals surface area contributed by atoms with Crippen molar-refractivity contribution in [3.05, 3.63) is 28.5 Å². The highest BCUT2D eigenvalue weighted by molar-refractivity contribution is 9.10. The van der Waals surface area contributed by atoms with Crippen LogP contribution in [0.2, 0.25) is 0 Å². The molecule has 0 aromatic carbocycles. The standard InChI is InChI=1S/C14H18BrNO/c1-3-4-11-6-8-13(14(15)16-11)17-12-7-5-10(2)9-12/h3-4,6,8,10,12H,5,7,9H2,1-2H3/b4-3+/t10-,12+/m0/s1. The molecule has 1 saturated carbocycles. The van der Waals surface area contributed by atoms with Crippen molar-refractivity contribution in [1.29, 1.82) is 0 Å². The summed E-state index contributed by atoms with van der Waals surface area (Å²) in [6.07, 6.45) is 7.90. The number of rotatable bonds is 3. The van der Waals surface area contributed by atoms with Gasteiger partial charge in [0, 0.05) is 0 Å². The fraction of sp³-hybridized carbons (Fsp3) is 0.500. The molecule has 0 aliphatic heterocycles. The van der Waals surface area contributed by atoms with Crippen LogP contribution in [-0.2, 0) is 0 Å². The van der Waals surface area contributed by atoms with Gasteiger partial charge in [-0.25, -0.2) is 4.98 Å². The van der Waals surface area contributed by atoms with E-state index in [4.69, 9.17) is 4.74 Å². The third kappa shape index (κ3) is 3.32. The summed E-state index contributed by atoms with van der Waals surface area (Å²) in [5, 5.41) is 0. The molecule has 1 aromatic heterocycles. The maximum atomic E-state index is 5.98. The van der Waals surface area contributed by atoms with Crippen LogP contribution in [0.4, 0.5) is 0 Å². The van der Waals surface area contributed by atoms with E-state index in [0.29, 0.717) is 6.10 Å². The van der Waals surface area contributed by atoms with E-state index in [-0.39, 0.29) is 0 Å². The minimum Gasteiger partial charge on any atom is -0.488 e. The lowest BCUT2D eigenvalue weighted by atomic mass is 10.1. The molecule has 1 fully saturated rings. The lowest BCUT2D eigenvalue weighted by Crippen LogP contribution is -2.12. The molecule has 1 aliphatic carbocycles. The molecule has 1 heterocycles. The number of pyridine rings is 1. The zero-order chi connectivity index (χ0) is 12.3. The van der Waals surface area contributed by atoms with E-state index < -0.39 is 0 Å². The summed E-state index contributed by atoms with van der Waals surface area (Å²) in [5.74, 6) is 1.64. The quantitative estimate of drug-likeness (QED) is 0.769. The highest BCUT2D eigenvalue weighted by Gasteiger charge is 2.23. The number of ether oxygens (including phenoxy) is 1. The Labute approximate surface area is 111 Å². The summed E-state index contributed by atoms with van der Waals surface area (Å²) in [5.41, 5.74) is 0.950. The summed E-state index contributed by atoms with van der Waals surface area (Å²) >= 11 is 3.47. The van der Waals surface area contributed by atoms with Gasteiger partial charge in [-0.1, -0.05) is 13.0 Å². The van der Waals surface area contributed by atoms with Gasteiger partial charge in [-0.3, -0.25) is 0 Å². The molecular weight excluding hydrogens is 278 g/mol. The second kappa shape index (κ2) is 5.67. The Morgan fingerprint density at radius 3 is 2.82 bits per heavy atom. The van der Waals surface area contributed by atoms with Gasteiger partial charge < -0.3 is 4.74 Å². The van der Waals surface area contributed by atoms with Crippen LogP contribution in [0, 0.1) is 5.92 Å². The summed E-state index contributed by atoms with van der Waals surface area (Å²) in [6.45, 7) is 4.27. The minimum absolute atomic E-state index is 0.357. The molecule has 1 aromatic rings. The lowest BCUT2D eigenvalue weighted by Gasteiger charge is -2.14. The van der Waals surface area contributed by atoms with Gasteiger partial charge in [0.2, 0.25) is 0 Å². The molecule has 17 heavy (non-hydrogen) atoms. The van der Waals surface area contributed by atoms with Crippen LogP contribution in [0.1, 0.15) is 38.8 Å². The topological polar surface area (TPSA) is 22.1 Å². The number of allylic oxidation sites excluding steroid dienone is 1. The van der Waals surface area contributed by atoms with E-state index in [1.54, 1.807) is 0 Å². The second-order valence-electron chi connectivity index (χ2n) is 4.68. The van der Waals surface area contributed by atoms with Crippen LogP contribution in [0.5, 0.6) is 5.75 Å². The zero-order valence-corrected chi connectivity index (χ0v) is 11.9. The zero-order valence-electron chi connectivity index (χ0n) is 10.3. The van der Waals surface area contributed by atoms with Gasteiger partial charge in [-0.15, -0.1) is 0 Å². The van der Waals surface area contributed by atoms with Gasteiger partial charge in [-0.2, -0.15) is 0 Å². The minimum atomic E-state index is 0.357.